The minimum absolute atomic E-state index is 0.356. The molecule has 104 valence electrons. The number of hydrogen-bond donors (Lipinski definition) is 0. The van der Waals surface area contributed by atoms with Gasteiger partial charge in [-0.3, -0.25) is 0 Å². The zero-order valence-corrected chi connectivity index (χ0v) is 12.8. The average Bonchev–Trinajstić information content (AvgIpc) is 2.97. The van der Waals surface area contributed by atoms with Crippen molar-refractivity contribution in [1.82, 2.24) is 15.0 Å². The second-order valence-electron chi connectivity index (χ2n) is 5.77. The molecule has 1 aliphatic heterocycles. The first-order chi connectivity index (χ1) is 9.39. The van der Waals surface area contributed by atoms with Crippen LogP contribution in [0.2, 0.25) is 0 Å². The molecule has 2 aromatic rings. The maximum atomic E-state index is 5.97. The van der Waals surface area contributed by atoms with Gasteiger partial charge in [-0.15, -0.1) is 11.3 Å². The Morgan fingerprint density at radius 1 is 1.00 bits per heavy atom. The molecule has 2 aromatic heterocycles. The summed E-state index contributed by atoms with van der Waals surface area (Å²) in [5.74, 6) is 0.625. The molecule has 0 bridgehead atoms. The Balaban J connectivity index is 1.83. The van der Waals surface area contributed by atoms with E-state index >= 15 is 0 Å². The second kappa shape index (κ2) is 4.61. The highest BCUT2D eigenvalue weighted by atomic mass is 32.1. The third kappa shape index (κ3) is 2.26. The van der Waals surface area contributed by atoms with Gasteiger partial charge in [0, 0.05) is 29.4 Å². The normalized spacial score (nSPS) is 20.3. The molecule has 3 rings (SSSR count). The molecule has 0 aliphatic carbocycles. The fraction of sp³-hybridized carbons (Fsp3) is 0.462. The van der Waals surface area contributed by atoms with Gasteiger partial charge in [0.25, 0.3) is 0 Å². The van der Waals surface area contributed by atoms with Crippen LogP contribution in [0.3, 0.4) is 0 Å². The van der Waals surface area contributed by atoms with Gasteiger partial charge in [0.1, 0.15) is 0 Å². The first kappa shape index (κ1) is 13.7. The molecule has 20 heavy (non-hydrogen) atoms. The summed E-state index contributed by atoms with van der Waals surface area (Å²) in [5.41, 5.74) is 0.112. The van der Waals surface area contributed by atoms with Crippen molar-refractivity contribution in [3.05, 3.63) is 24.0 Å². The molecule has 0 N–H and O–H groups in total. The predicted molar refractivity (Wildman–Crippen MR) is 78.9 cm³/mol. The van der Waals surface area contributed by atoms with Crippen LogP contribution >= 0.6 is 11.3 Å². The Bertz CT molecular complexity index is 583. The van der Waals surface area contributed by atoms with Gasteiger partial charge in [0.05, 0.1) is 11.2 Å². The standard InChI is InChI=1S/C13H16BN3O2S/c1-12(2)13(3,4)19-14(18-12)9-7-16-10(17-8-9)11-15-5-6-20-11/h5-8H,1-4H3. The Kier molecular flexibility index (Phi) is 3.15. The van der Waals surface area contributed by atoms with Gasteiger partial charge >= 0.3 is 7.12 Å². The molecule has 0 amide bonds. The number of aromatic nitrogens is 3. The first-order valence-electron chi connectivity index (χ1n) is 6.46. The lowest BCUT2D eigenvalue weighted by molar-refractivity contribution is 0.00578. The Hall–Kier alpha value is -1.31. The molecular weight excluding hydrogens is 273 g/mol. The molecule has 0 unspecified atom stereocenters. The highest BCUT2D eigenvalue weighted by Crippen LogP contribution is 2.36. The van der Waals surface area contributed by atoms with Crippen LogP contribution in [-0.4, -0.2) is 33.3 Å². The van der Waals surface area contributed by atoms with Gasteiger partial charge in [0.15, 0.2) is 10.8 Å². The maximum absolute atomic E-state index is 5.97. The Morgan fingerprint density at radius 2 is 1.60 bits per heavy atom. The van der Waals surface area contributed by atoms with E-state index in [1.807, 2.05) is 33.1 Å². The van der Waals surface area contributed by atoms with Crippen LogP contribution in [0.15, 0.2) is 24.0 Å². The van der Waals surface area contributed by atoms with Gasteiger partial charge in [-0.05, 0) is 27.7 Å². The molecule has 7 heteroatoms. The number of nitrogens with zero attached hydrogens (tertiary/aromatic N) is 3. The van der Waals surface area contributed by atoms with Crippen molar-refractivity contribution < 1.29 is 9.31 Å². The largest absolute Gasteiger partial charge is 0.498 e. The third-order valence-corrected chi connectivity index (χ3v) is 4.59. The molecule has 0 aromatic carbocycles. The lowest BCUT2D eigenvalue weighted by Gasteiger charge is -2.32. The summed E-state index contributed by atoms with van der Waals surface area (Å²) in [6.45, 7) is 8.10. The highest BCUT2D eigenvalue weighted by molar-refractivity contribution is 7.13. The molecule has 0 radical (unpaired) electrons. The molecular formula is C13H16BN3O2S. The minimum atomic E-state index is -0.426. The molecule has 0 saturated carbocycles. The average molecular weight is 289 g/mol. The fourth-order valence-corrected chi connectivity index (χ4v) is 2.47. The van der Waals surface area contributed by atoms with Crippen molar-refractivity contribution in [1.29, 1.82) is 0 Å². The van der Waals surface area contributed by atoms with Crippen molar-refractivity contribution in [2.24, 2.45) is 0 Å². The summed E-state index contributed by atoms with van der Waals surface area (Å²) in [6, 6.07) is 0. The van der Waals surface area contributed by atoms with Crippen LogP contribution < -0.4 is 5.46 Å². The summed E-state index contributed by atoms with van der Waals surface area (Å²) in [5, 5.41) is 2.71. The van der Waals surface area contributed by atoms with E-state index in [2.05, 4.69) is 15.0 Å². The van der Waals surface area contributed by atoms with Crippen LogP contribution in [0, 0.1) is 0 Å². The van der Waals surface area contributed by atoms with Crippen molar-refractivity contribution in [3.8, 4) is 10.8 Å². The van der Waals surface area contributed by atoms with E-state index in [1.165, 1.54) is 11.3 Å². The third-order valence-electron chi connectivity index (χ3n) is 3.82. The molecule has 0 spiro atoms. The molecule has 1 fully saturated rings. The molecule has 3 heterocycles. The summed E-state index contributed by atoms with van der Waals surface area (Å²) in [7, 11) is -0.426. The van der Waals surface area contributed by atoms with E-state index in [1.54, 1.807) is 18.6 Å². The van der Waals surface area contributed by atoms with Crippen molar-refractivity contribution in [3.63, 3.8) is 0 Å². The quantitative estimate of drug-likeness (QED) is 0.790. The van der Waals surface area contributed by atoms with Crippen LogP contribution in [-0.2, 0) is 9.31 Å². The highest BCUT2D eigenvalue weighted by Gasteiger charge is 2.51. The monoisotopic (exact) mass is 289 g/mol. The molecule has 0 atom stereocenters. The van der Waals surface area contributed by atoms with E-state index in [4.69, 9.17) is 9.31 Å². The van der Waals surface area contributed by atoms with Gasteiger partial charge in [-0.1, -0.05) is 0 Å². The number of hydrogen-bond acceptors (Lipinski definition) is 6. The maximum Gasteiger partial charge on any atom is 0.498 e. The zero-order chi connectivity index (χ0) is 14.4. The van der Waals surface area contributed by atoms with Crippen molar-refractivity contribution in [2.45, 2.75) is 38.9 Å². The number of rotatable bonds is 2. The summed E-state index contributed by atoms with van der Waals surface area (Å²) in [4.78, 5) is 12.9. The first-order valence-corrected chi connectivity index (χ1v) is 7.34. The van der Waals surface area contributed by atoms with E-state index in [0.717, 1.165) is 10.5 Å². The van der Waals surface area contributed by atoms with E-state index in [-0.39, 0.29) is 11.2 Å². The fourth-order valence-electron chi connectivity index (χ4n) is 1.88. The van der Waals surface area contributed by atoms with Crippen LogP contribution in [0.1, 0.15) is 27.7 Å². The number of thiazole rings is 1. The predicted octanol–water partition coefficient (Wildman–Crippen LogP) is 1.90. The second-order valence-corrected chi connectivity index (χ2v) is 6.66. The summed E-state index contributed by atoms with van der Waals surface area (Å²) < 4.78 is 11.9. The topological polar surface area (TPSA) is 57.1 Å². The van der Waals surface area contributed by atoms with Crippen LogP contribution in [0.5, 0.6) is 0 Å². The minimum Gasteiger partial charge on any atom is -0.399 e. The van der Waals surface area contributed by atoms with E-state index in [9.17, 15) is 0 Å². The summed E-state index contributed by atoms with van der Waals surface area (Å²) >= 11 is 1.52. The molecule has 5 nitrogen and oxygen atoms in total. The molecule has 1 aliphatic rings. The molecule has 1 saturated heterocycles. The Labute approximate surface area is 122 Å². The van der Waals surface area contributed by atoms with Gasteiger partial charge in [-0.25, -0.2) is 15.0 Å². The summed E-state index contributed by atoms with van der Waals surface area (Å²) in [6.07, 6.45) is 5.23. The van der Waals surface area contributed by atoms with E-state index in [0.29, 0.717) is 5.82 Å². The SMILES string of the molecule is CC1(C)OB(c2cnc(-c3nccs3)nc2)OC1(C)C. The smallest absolute Gasteiger partial charge is 0.399 e. The van der Waals surface area contributed by atoms with Crippen LogP contribution in [0.4, 0.5) is 0 Å². The van der Waals surface area contributed by atoms with E-state index < -0.39 is 7.12 Å². The van der Waals surface area contributed by atoms with Crippen LogP contribution in [0.25, 0.3) is 10.8 Å². The van der Waals surface area contributed by atoms with Crippen molar-refractivity contribution in [2.75, 3.05) is 0 Å². The van der Waals surface area contributed by atoms with Gasteiger partial charge in [-0.2, -0.15) is 0 Å². The lowest BCUT2D eigenvalue weighted by atomic mass is 9.81. The van der Waals surface area contributed by atoms with Gasteiger partial charge in [0.2, 0.25) is 0 Å². The zero-order valence-electron chi connectivity index (χ0n) is 12.0. The lowest BCUT2D eigenvalue weighted by Crippen LogP contribution is -2.41. The van der Waals surface area contributed by atoms with Crippen molar-refractivity contribution >= 4 is 23.9 Å². The van der Waals surface area contributed by atoms with Gasteiger partial charge < -0.3 is 9.31 Å². The Morgan fingerprint density at radius 3 is 2.10 bits per heavy atom.